The Morgan fingerprint density at radius 2 is 1.71 bits per heavy atom. The third kappa shape index (κ3) is 5.32. The van der Waals surface area contributed by atoms with Gasteiger partial charge in [-0.05, 0) is 56.0 Å². The zero-order valence-corrected chi connectivity index (χ0v) is 18.7. The maximum Gasteiger partial charge on any atom is 0.250 e. The van der Waals surface area contributed by atoms with Crippen molar-refractivity contribution in [2.75, 3.05) is 5.32 Å². The van der Waals surface area contributed by atoms with Crippen LogP contribution in [0.2, 0.25) is 0 Å². The monoisotopic (exact) mass is 420 g/mol. The second-order valence-electron chi connectivity index (χ2n) is 8.13. The maximum absolute atomic E-state index is 12.3. The number of unbranched alkanes of at least 4 members (excludes halogenated alkanes) is 5. The molecular weight excluding hydrogens is 388 g/mol. The summed E-state index contributed by atoms with van der Waals surface area (Å²) in [5, 5.41) is 22.9. The standard InChI is InChI=1S/C25H32N4O2/c1-5-6-7-8-9-10-13-19-16-22(29-27-20-14-11-12-15-21(20)28-29)24(30)23(18(19)4)26-25(31)17(2)3/h11-12,14-16,30H,2,5-10,13H2,1,3-4H3,(H,26,31). The van der Waals surface area contributed by atoms with Gasteiger partial charge in [0.2, 0.25) is 0 Å². The van der Waals surface area contributed by atoms with Crippen molar-refractivity contribution in [3.8, 4) is 11.4 Å². The molecule has 1 amide bonds. The van der Waals surface area contributed by atoms with Crippen LogP contribution >= 0.6 is 0 Å². The van der Waals surface area contributed by atoms with E-state index in [0.29, 0.717) is 16.9 Å². The first kappa shape index (κ1) is 22.5. The number of aryl methyl sites for hydroxylation is 1. The predicted octanol–water partition coefficient (Wildman–Crippen LogP) is 5.85. The van der Waals surface area contributed by atoms with E-state index in [1.54, 1.807) is 6.92 Å². The molecule has 164 valence electrons. The molecule has 3 rings (SSSR count). The number of carbonyl (C=O) groups is 1. The third-order valence-electron chi connectivity index (χ3n) is 5.57. The number of amides is 1. The second kappa shape index (κ2) is 10.2. The summed E-state index contributed by atoms with van der Waals surface area (Å²) < 4.78 is 0. The molecule has 6 heteroatoms. The minimum absolute atomic E-state index is 0.0425. The van der Waals surface area contributed by atoms with Crippen LogP contribution in [-0.4, -0.2) is 26.0 Å². The van der Waals surface area contributed by atoms with Crippen molar-refractivity contribution in [1.29, 1.82) is 0 Å². The van der Waals surface area contributed by atoms with Crippen LogP contribution in [0.15, 0.2) is 42.5 Å². The molecule has 0 spiro atoms. The van der Waals surface area contributed by atoms with Crippen LogP contribution in [0, 0.1) is 6.92 Å². The fraction of sp³-hybridized carbons (Fsp3) is 0.400. The summed E-state index contributed by atoms with van der Waals surface area (Å²) in [7, 11) is 0. The summed E-state index contributed by atoms with van der Waals surface area (Å²) in [5.41, 5.74) is 4.65. The largest absolute Gasteiger partial charge is 0.504 e. The van der Waals surface area contributed by atoms with E-state index in [2.05, 4.69) is 29.0 Å². The van der Waals surface area contributed by atoms with Crippen LogP contribution in [0.1, 0.15) is 63.5 Å². The van der Waals surface area contributed by atoms with Crippen molar-refractivity contribution in [3.63, 3.8) is 0 Å². The van der Waals surface area contributed by atoms with Crippen LogP contribution in [0.4, 0.5) is 5.69 Å². The molecule has 3 aromatic rings. The van der Waals surface area contributed by atoms with E-state index >= 15 is 0 Å². The lowest BCUT2D eigenvalue weighted by Gasteiger charge is -2.17. The number of carbonyl (C=O) groups excluding carboxylic acids is 1. The highest BCUT2D eigenvalue weighted by molar-refractivity contribution is 6.04. The zero-order valence-electron chi connectivity index (χ0n) is 18.7. The normalized spacial score (nSPS) is 11.1. The molecule has 0 aliphatic carbocycles. The van der Waals surface area contributed by atoms with Gasteiger partial charge < -0.3 is 10.4 Å². The fourth-order valence-electron chi connectivity index (χ4n) is 3.66. The van der Waals surface area contributed by atoms with E-state index in [1.807, 2.05) is 37.3 Å². The Kier molecular flexibility index (Phi) is 7.45. The van der Waals surface area contributed by atoms with Gasteiger partial charge in [-0.2, -0.15) is 0 Å². The number of anilines is 1. The first-order valence-electron chi connectivity index (χ1n) is 11.1. The molecule has 0 saturated heterocycles. The lowest BCUT2D eigenvalue weighted by atomic mass is 9.98. The average Bonchev–Trinajstić information content (AvgIpc) is 3.18. The molecule has 1 aromatic heterocycles. The molecule has 31 heavy (non-hydrogen) atoms. The number of nitrogens with zero attached hydrogens (tertiary/aromatic N) is 3. The molecular formula is C25H32N4O2. The van der Waals surface area contributed by atoms with Crippen molar-refractivity contribution in [3.05, 3.63) is 53.6 Å². The number of aromatic nitrogens is 3. The summed E-state index contributed by atoms with van der Waals surface area (Å²) in [6.45, 7) is 9.49. The number of aromatic hydroxyl groups is 1. The van der Waals surface area contributed by atoms with E-state index in [9.17, 15) is 9.90 Å². The van der Waals surface area contributed by atoms with E-state index < -0.39 is 0 Å². The number of hydrogen-bond donors (Lipinski definition) is 2. The number of fused-ring (bicyclic) bond motifs is 1. The Hall–Kier alpha value is -3.15. The lowest BCUT2D eigenvalue weighted by molar-refractivity contribution is -0.112. The SMILES string of the molecule is C=C(C)C(=O)Nc1c(C)c(CCCCCCCC)cc(-n2nc3ccccc3n2)c1O. The Labute approximate surface area is 184 Å². The van der Waals surface area contributed by atoms with Crippen molar-refractivity contribution in [2.45, 2.75) is 65.7 Å². The quantitative estimate of drug-likeness (QED) is 0.245. The van der Waals surface area contributed by atoms with Gasteiger partial charge >= 0.3 is 0 Å². The van der Waals surface area contributed by atoms with Crippen LogP contribution in [-0.2, 0) is 11.2 Å². The molecule has 0 aliphatic heterocycles. The predicted molar refractivity (Wildman–Crippen MR) is 126 cm³/mol. The van der Waals surface area contributed by atoms with Gasteiger partial charge in [-0.3, -0.25) is 4.79 Å². The molecule has 0 saturated carbocycles. The number of hydrogen-bond acceptors (Lipinski definition) is 4. The molecule has 0 unspecified atom stereocenters. The van der Waals surface area contributed by atoms with Gasteiger partial charge in [0.25, 0.3) is 5.91 Å². The highest BCUT2D eigenvalue weighted by atomic mass is 16.3. The topological polar surface area (TPSA) is 80.0 Å². The van der Waals surface area contributed by atoms with Gasteiger partial charge in [-0.25, -0.2) is 0 Å². The van der Waals surface area contributed by atoms with Crippen LogP contribution in [0.3, 0.4) is 0 Å². The molecule has 0 atom stereocenters. The molecule has 2 N–H and O–H groups in total. The van der Waals surface area contributed by atoms with E-state index in [0.717, 1.165) is 41.4 Å². The Balaban J connectivity index is 1.96. The van der Waals surface area contributed by atoms with E-state index in [-0.39, 0.29) is 11.7 Å². The smallest absolute Gasteiger partial charge is 0.250 e. The van der Waals surface area contributed by atoms with Crippen LogP contribution in [0.25, 0.3) is 16.7 Å². The second-order valence-corrected chi connectivity index (χ2v) is 8.13. The highest BCUT2D eigenvalue weighted by Gasteiger charge is 2.20. The van der Waals surface area contributed by atoms with E-state index in [1.165, 1.54) is 30.5 Å². The van der Waals surface area contributed by atoms with Crippen molar-refractivity contribution < 1.29 is 9.90 Å². The first-order chi connectivity index (χ1) is 14.9. The van der Waals surface area contributed by atoms with Crippen LogP contribution in [0.5, 0.6) is 5.75 Å². The summed E-state index contributed by atoms with van der Waals surface area (Å²) in [6.07, 6.45) is 8.07. The third-order valence-corrected chi connectivity index (χ3v) is 5.57. The molecule has 0 fully saturated rings. The maximum atomic E-state index is 12.3. The minimum atomic E-state index is -0.320. The van der Waals surface area contributed by atoms with Gasteiger partial charge in [-0.15, -0.1) is 15.0 Å². The highest BCUT2D eigenvalue weighted by Crippen LogP contribution is 2.37. The van der Waals surface area contributed by atoms with Gasteiger partial charge in [0.05, 0.1) is 5.69 Å². The first-order valence-corrected chi connectivity index (χ1v) is 11.1. The minimum Gasteiger partial charge on any atom is -0.504 e. The summed E-state index contributed by atoms with van der Waals surface area (Å²) in [6, 6.07) is 9.50. The molecule has 2 aromatic carbocycles. The van der Waals surface area contributed by atoms with Gasteiger partial charge in [0.1, 0.15) is 16.7 Å². The van der Waals surface area contributed by atoms with Crippen molar-refractivity contribution in [2.24, 2.45) is 0 Å². The number of rotatable bonds is 10. The lowest BCUT2D eigenvalue weighted by Crippen LogP contribution is -2.15. The fourth-order valence-corrected chi connectivity index (χ4v) is 3.66. The molecule has 0 aliphatic rings. The number of phenols is 1. The van der Waals surface area contributed by atoms with Crippen molar-refractivity contribution in [1.82, 2.24) is 15.0 Å². The Bertz CT molecular complexity index is 1050. The average molecular weight is 421 g/mol. The number of benzene rings is 2. The summed E-state index contributed by atoms with van der Waals surface area (Å²) in [4.78, 5) is 13.8. The van der Waals surface area contributed by atoms with Gasteiger partial charge in [0.15, 0.2) is 5.75 Å². The van der Waals surface area contributed by atoms with Crippen molar-refractivity contribution >= 4 is 22.6 Å². The Morgan fingerprint density at radius 1 is 1.10 bits per heavy atom. The zero-order chi connectivity index (χ0) is 22.4. The molecule has 0 radical (unpaired) electrons. The van der Waals surface area contributed by atoms with Gasteiger partial charge in [-0.1, -0.05) is 57.7 Å². The van der Waals surface area contributed by atoms with Gasteiger partial charge in [0, 0.05) is 5.57 Å². The molecule has 6 nitrogen and oxygen atoms in total. The summed E-state index contributed by atoms with van der Waals surface area (Å²) in [5.74, 6) is -0.362. The Morgan fingerprint density at radius 3 is 2.32 bits per heavy atom. The van der Waals surface area contributed by atoms with E-state index in [4.69, 9.17) is 0 Å². The summed E-state index contributed by atoms with van der Waals surface area (Å²) >= 11 is 0. The molecule has 1 heterocycles. The number of phenolic OH excluding ortho intramolecular Hbond substituents is 1. The molecule has 0 bridgehead atoms. The number of nitrogens with one attached hydrogen (secondary N) is 1. The van der Waals surface area contributed by atoms with Crippen LogP contribution < -0.4 is 5.32 Å².